The van der Waals surface area contributed by atoms with Crippen LogP contribution >= 0.6 is 0 Å². The number of alkyl halides is 3. The van der Waals surface area contributed by atoms with Crippen molar-refractivity contribution in [3.05, 3.63) is 77.4 Å². The van der Waals surface area contributed by atoms with Gasteiger partial charge < -0.3 is 10.1 Å². The number of methoxy groups -OCH3 is 1. The van der Waals surface area contributed by atoms with Crippen LogP contribution in [0.5, 0.6) is 5.75 Å². The number of benzene rings is 3. The van der Waals surface area contributed by atoms with E-state index in [1.54, 1.807) is 14.0 Å². The summed E-state index contributed by atoms with van der Waals surface area (Å²) >= 11 is 0. The molecule has 0 bridgehead atoms. The molecule has 0 spiro atoms. The van der Waals surface area contributed by atoms with Crippen molar-refractivity contribution in [2.24, 2.45) is 0 Å². The van der Waals surface area contributed by atoms with E-state index >= 15 is 0 Å². The highest BCUT2D eigenvalue weighted by atomic mass is 19.4. The molecule has 0 aromatic heterocycles. The molecular weight excluding hydrogens is 367 g/mol. The zero-order valence-electron chi connectivity index (χ0n) is 15.5. The summed E-state index contributed by atoms with van der Waals surface area (Å²) in [4.78, 5) is 12.5. The predicted molar refractivity (Wildman–Crippen MR) is 102 cm³/mol. The molecule has 0 radical (unpaired) electrons. The average Bonchev–Trinajstić information content (AvgIpc) is 2.70. The average molecular weight is 387 g/mol. The molecule has 3 aromatic rings. The molecule has 0 saturated heterocycles. The normalized spacial score (nSPS) is 12.6. The standard InChI is InChI=1S/C22H20F3NO2/c1-14(16-5-6-18-12-20(28-2)10-7-17(18)11-16)21(27)26-13-15-3-8-19(9-4-15)22(23,24)25/h3-12,14H,13H2,1-2H3,(H,26,27)/t14-/m0/s1. The molecule has 3 rings (SSSR count). The maximum Gasteiger partial charge on any atom is 0.416 e. The van der Waals surface area contributed by atoms with Gasteiger partial charge in [0.05, 0.1) is 18.6 Å². The molecule has 3 aromatic carbocycles. The van der Waals surface area contributed by atoms with Gasteiger partial charge in [-0.1, -0.05) is 36.4 Å². The van der Waals surface area contributed by atoms with Crippen LogP contribution in [-0.2, 0) is 17.5 Å². The van der Waals surface area contributed by atoms with Gasteiger partial charge in [0.25, 0.3) is 0 Å². The van der Waals surface area contributed by atoms with Gasteiger partial charge in [-0.25, -0.2) is 0 Å². The van der Waals surface area contributed by atoms with E-state index in [1.807, 2.05) is 36.4 Å². The van der Waals surface area contributed by atoms with Crippen LogP contribution in [0.3, 0.4) is 0 Å². The molecule has 1 N–H and O–H groups in total. The Kier molecular flexibility index (Phi) is 5.58. The number of hydrogen-bond acceptors (Lipinski definition) is 2. The molecule has 1 atom stereocenters. The smallest absolute Gasteiger partial charge is 0.416 e. The molecule has 146 valence electrons. The van der Waals surface area contributed by atoms with Gasteiger partial charge in [0, 0.05) is 6.54 Å². The second-order valence-corrected chi connectivity index (χ2v) is 6.61. The highest BCUT2D eigenvalue weighted by Gasteiger charge is 2.29. The van der Waals surface area contributed by atoms with Crippen molar-refractivity contribution in [1.29, 1.82) is 0 Å². The Morgan fingerprint density at radius 1 is 1.00 bits per heavy atom. The van der Waals surface area contributed by atoms with Crippen LogP contribution < -0.4 is 10.1 Å². The van der Waals surface area contributed by atoms with Crippen molar-refractivity contribution in [2.45, 2.75) is 25.6 Å². The lowest BCUT2D eigenvalue weighted by atomic mass is 9.97. The lowest BCUT2D eigenvalue weighted by Gasteiger charge is -2.14. The van der Waals surface area contributed by atoms with E-state index in [-0.39, 0.29) is 18.4 Å². The number of hydrogen-bond donors (Lipinski definition) is 1. The van der Waals surface area contributed by atoms with Gasteiger partial charge in [0.2, 0.25) is 5.91 Å². The first-order valence-corrected chi connectivity index (χ1v) is 8.79. The van der Waals surface area contributed by atoms with Crippen molar-refractivity contribution in [2.75, 3.05) is 7.11 Å². The van der Waals surface area contributed by atoms with Crippen LogP contribution in [0.15, 0.2) is 60.7 Å². The summed E-state index contributed by atoms with van der Waals surface area (Å²) in [6, 6.07) is 16.3. The molecule has 0 saturated carbocycles. The molecule has 28 heavy (non-hydrogen) atoms. The van der Waals surface area contributed by atoms with Crippen molar-refractivity contribution >= 4 is 16.7 Å². The summed E-state index contributed by atoms with van der Waals surface area (Å²) in [5, 5.41) is 4.80. The summed E-state index contributed by atoms with van der Waals surface area (Å²) < 4.78 is 43.0. The van der Waals surface area contributed by atoms with Crippen LogP contribution in [0.25, 0.3) is 10.8 Å². The quantitative estimate of drug-likeness (QED) is 0.646. The van der Waals surface area contributed by atoms with Crippen LogP contribution in [0.4, 0.5) is 13.2 Å². The van der Waals surface area contributed by atoms with Crippen molar-refractivity contribution in [3.63, 3.8) is 0 Å². The fourth-order valence-corrected chi connectivity index (χ4v) is 2.94. The third kappa shape index (κ3) is 4.44. The Hall–Kier alpha value is -3.02. The summed E-state index contributed by atoms with van der Waals surface area (Å²) in [6.45, 7) is 1.97. The summed E-state index contributed by atoms with van der Waals surface area (Å²) in [5.74, 6) is 0.191. The fourth-order valence-electron chi connectivity index (χ4n) is 2.94. The zero-order valence-corrected chi connectivity index (χ0v) is 15.5. The van der Waals surface area contributed by atoms with Gasteiger partial charge in [-0.3, -0.25) is 4.79 Å². The van der Waals surface area contributed by atoms with Crippen molar-refractivity contribution < 1.29 is 22.7 Å². The van der Waals surface area contributed by atoms with E-state index in [1.165, 1.54) is 12.1 Å². The topological polar surface area (TPSA) is 38.3 Å². The van der Waals surface area contributed by atoms with Crippen LogP contribution in [-0.4, -0.2) is 13.0 Å². The van der Waals surface area contributed by atoms with Crippen LogP contribution in [0.1, 0.15) is 29.5 Å². The van der Waals surface area contributed by atoms with Gasteiger partial charge in [0.15, 0.2) is 0 Å². The van der Waals surface area contributed by atoms with E-state index < -0.39 is 11.7 Å². The van der Waals surface area contributed by atoms with E-state index in [4.69, 9.17) is 4.74 Å². The number of carbonyl (C=O) groups excluding carboxylic acids is 1. The number of rotatable bonds is 5. The number of fused-ring (bicyclic) bond motifs is 1. The number of halogens is 3. The third-order valence-electron chi connectivity index (χ3n) is 4.71. The Bertz CT molecular complexity index is 981. The van der Waals surface area contributed by atoms with Gasteiger partial charge >= 0.3 is 6.18 Å². The lowest BCUT2D eigenvalue weighted by Crippen LogP contribution is -2.27. The van der Waals surface area contributed by atoms with E-state index in [0.717, 1.165) is 34.2 Å². The lowest BCUT2D eigenvalue weighted by molar-refractivity contribution is -0.137. The van der Waals surface area contributed by atoms with Crippen LogP contribution in [0, 0.1) is 0 Å². The maximum atomic E-state index is 12.6. The highest BCUT2D eigenvalue weighted by molar-refractivity contribution is 5.88. The molecule has 0 unspecified atom stereocenters. The number of nitrogens with one attached hydrogen (secondary N) is 1. The minimum atomic E-state index is -4.36. The van der Waals surface area contributed by atoms with E-state index in [9.17, 15) is 18.0 Å². The Morgan fingerprint density at radius 3 is 2.29 bits per heavy atom. The second-order valence-electron chi connectivity index (χ2n) is 6.61. The predicted octanol–water partition coefficient (Wildman–Crippen LogP) is 5.29. The Labute approximate surface area is 161 Å². The van der Waals surface area contributed by atoms with Crippen molar-refractivity contribution in [3.8, 4) is 5.75 Å². The SMILES string of the molecule is COc1ccc2cc([C@H](C)C(=O)NCc3ccc(C(F)(F)F)cc3)ccc2c1. The van der Waals surface area contributed by atoms with Crippen molar-refractivity contribution in [1.82, 2.24) is 5.32 Å². The maximum absolute atomic E-state index is 12.6. The molecule has 0 fully saturated rings. The Balaban J connectivity index is 1.66. The van der Waals surface area contributed by atoms with Crippen LogP contribution in [0.2, 0.25) is 0 Å². The highest BCUT2D eigenvalue weighted by Crippen LogP contribution is 2.29. The summed E-state index contributed by atoms with van der Waals surface area (Å²) in [7, 11) is 1.61. The summed E-state index contributed by atoms with van der Waals surface area (Å²) in [6.07, 6.45) is -4.36. The van der Waals surface area contributed by atoms with Gasteiger partial charge in [-0.15, -0.1) is 0 Å². The number of ether oxygens (including phenoxy) is 1. The minimum Gasteiger partial charge on any atom is -0.497 e. The fraction of sp³-hybridized carbons (Fsp3) is 0.227. The van der Waals surface area contributed by atoms with Gasteiger partial charge in [0.1, 0.15) is 5.75 Å². The summed E-state index contributed by atoms with van der Waals surface area (Å²) in [5.41, 5.74) is 0.769. The monoisotopic (exact) mass is 387 g/mol. The molecule has 6 heteroatoms. The molecule has 0 aliphatic rings. The van der Waals surface area contributed by atoms with Gasteiger partial charge in [-0.2, -0.15) is 13.2 Å². The number of amides is 1. The second kappa shape index (κ2) is 7.92. The van der Waals surface area contributed by atoms with Gasteiger partial charge in [-0.05, 0) is 53.1 Å². The van der Waals surface area contributed by atoms with E-state index in [2.05, 4.69) is 5.32 Å². The third-order valence-corrected chi connectivity index (χ3v) is 4.71. The minimum absolute atomic E-state index is 0.173. The molecule has 3 nitrogen and oxygen atoms in total. The molecule has 0 heterocycles. The molecule has 1 amide bonds. The number of carbonyl (C=O) groups is 1. The molecular formula is C22H20F3NO2. The zero-order chi connectivity index (χ0) is 20.3. The largest absolute Gasteiger partial charge is 0.497 e. The van der Waals surface area contributed by atoms with E-state index in [0.29, 0.717) is 5.56 Å². The first-order valence-electron chi connectivity index (χ1n) is 8.79. The first kappa shape index (κ1) is 19.7. The molecule has 0 aliphatic heterocycles. The first-order chi connectivity index (χ1) is 13.3. The Morgan fingerprint density at radius 2 is 1.64 bits per heavy atom. The molecule has 0 aliphatic carbocycles.